The van der Waals surface area contributed by atoms with Crippen molar-refractivity contribution in [3.63, 3.8) is 0 Å². The van der Waals surface area contributed by atoms with Crippen LogP contribution in [0, 0.1) is 11.3 Å². The first-order valence-electron chi connectivity index (χ1n) is 5.80. The molecule has 1 amide bonds. The molecule has 94 valence electrons. The lowest BCUT2D eigenvalue weighted by Gasteiger charge is -2.51. The second kappa shape index (κ2) is 3.45. The summed E-state index contributed by atoms with van der Waals surface area (Å²) in [7, 11) is -3.66. The standard InChI is InChI=1S/C11H16N2O3S/c1-10(2)9(14)13(17(10,15)16)11(8-12)6-4-3-5-7-11/h3-7H2,1-2H3. The molecule has 0 aromatic heterocycles. The van der Waals surface area contributed by atoms with E-state index < -0.39 is 26.2 Å². The van der Waals surface area contributed by atoms with Crippen molar-refractivity contribution in [2.24, 2.45) is 0 Å². The van der Waals surface area contributed by atoms with Gasteiger partial charge in [-0.3, -0.25) is 4.79 Å². The molecule has 2 aliphatic rings. The molecule has 1 heterocycles. The van der Waals surface area contributed by atoms with Gasteiger partial charge in [-0.25, -0.2) is 12.7 Å². The number of rotatable bonds is 1. The Morgan fingerprint density at radius 1 is 1.24 bits per heavy atom. The third-order valence-electron chi connectivity index (χ3n) is 3.86. The normalized spacial score (nSPS) is 29.2. The second-order valence-corrected chi connectivity index (χ2v) is 7.62. The van der Waals surface area contributed by atoms with Gasteiger partial charge >= 0.3 is 0 Å². The summed E-state index contributed by atoms with van der Waals surface area (Å²) < 4.78 is 23.7. The molecular weight excluding hydrogens is 240 g/mol. The molecule has 6 heteroatoms. The molecule has 0 radical (unpaired) electrons. The third kappa shape index (κ3) is 1.35. The maximum Gasteiger partial charge on any atom is 0.260 e. The second-order valence-electron chi connectivity index (χ2n) is 5.29. The molecule has 1 saturated carbocycles. The Balaban J connectivity index is 2.42. The molecule has 0 N–H and O–H groups in total. The molecule has 0 bridgehead atoms. The number of nitriles is 1. The van der Waals surface area contributed by atoms with Crippen molar-refractivity contribution in [3.05, 3.63) is 0 Å². The van der Waals surface area contributed by atoms with Gasteiger partial charge in [0.25, 0.3) is 15.9 Å². The van der Waals surface area contributed by atoms with Crippen LogP contribution in [-0.4, -0.2) is 28.9 Å². The van der Waals surface area contributed by atoms with Gasteiger partial charge in [0.05, 0.1) is 6.07 Å². The van der Waals surface area contributed by atoms with Gasteiger partial charge in [-0.1, -0.05) is 6.42 Å². The summed E-state index contributed by atoms with van der Waals surface area (Å²) >= 11 is 0. The van der Waals surface area contributed by atoms with Crippen molar-refractivity contribution in [1.29, 1.82) is 5.26 Å². The van der Waals surface area contributed by atoms with Gasteiger partial charge in [-0.2, -0.15) is 5.26 Å². The average molecular weight is 256 g/mol. The van der Waals surface area contributed by atoms with Crippen LogP contribution in [0.5, 0.6) is 0 Å². The molecule has 2 fully saturated rings. The highest BCUT2D eigenvalue weighted by atomic mass is 32.2. The van der Waals surface area contributed by atoms with E-state index in [-0.39, 0.29) is 0 Å². The Kier molecular flexibility index (Phi) is 2.51. The number of hydrogen-bond donors (Lipinski definition) is 0. The van der Waals surface area contributed by atoms with E-state index in [4.69, 9.17) is 0 Å². The molecule has 17 heavy (non-hydrogen) atoms. The number of carbonyl (C=O) groups excluding carboxylic acids is 1. The Morgan fingerprint density at radius 2 is 1.76 bits per heavy atom. The van der Waals surface area contributed by atoms with Crippen molar-refractivity contribution in [3.8, 4) is 6.07 Å². The van der Waals surface area contributed by atoms with Crippen LogP contribution in [0.3, 0.4) is 0 Å². The first-order chi connectivity index (χ1) is 7.79. The van der Waals surface area contributed by atoms with E-state index in [0.717, 1.165) is 23.6 Å². The lowest BCUT2D eigenvalue weighted by atomic mass is 9.82. The maximum absolute atomic E-state index is 12.1. The first kappa shape index (κ1) is 12.4. The minimum absolute atomic E-state index is 0.444. The molecule has 2 rings (SSSR count). The van der Waals surface area contributed by atoms with Crippen LogP contribution in [0.15, 0.2) is 0 Å². The van der Waals surface area contributed by atoms with Crippen molar-refractivity contribution >= 4 is 15.9 Å². The molecule has 0 spiro atoms. The molecule has 1 saturated heterocycles. The smallest absolute Gasteiger partial charge is 0.260 e. The molecule has 5 nitrogen and oxygen atoms in total. The zero-order valence-corrected chi connectivity index (χ0v) is 10.9. The van der Waals surface area contributed by atoms with E-state index in [0.29, 0.717) is 12.8 Å². The Morgan fingerprint density at radius 3 is 2.18 bits per heavy atom. The highest BCUT2D eigenvalue weighted by molar-refractivity contribution is 7.94. The largest absolute Gasteiger partial charge is 0.272 e. The molecule has 0 atom stereocenters. The van der Waals surface area contributed by atoms with Gasteiger partial charge in [0, 0.05) is 0 Å². The molecule has 1 aliphatic carbocycles. The first-order valence-corrected chi connectivity index (χ1v) is 7.24. The van der Waals surface area contributed by atoms with Crippen molar-refractivity contribution in [2.45, 2.75) is 56.2 Å². The minimum atomic E-state index is -3.66. The van der Waals surface area contributed by atoms with Crippen LogP contribution in [0.4, 0.5) is 0 Å². The van der Waals surface area contributed by atoms with Crippen LogP contribution < -0.4 is 0 Å². The highest BCUT2D eigenvalue weighted by Crippen LogP contribution is 2.45. The van der Waals surface area contributed by atoms with Crippen LogP contribution >= 0.6 is 0 Å². The summed E-state index contributed by atoms with van der Waals surface area (Å²) in [6.45, 7) is 2.80. The number of nitrogens with zero attached hydrogens (tertiary/aromatic N) is 2. The topological polar surface area (TPSA) is 78.2 Å². The molecule has 1 aliphatic heterocycles. The summed E-state index contributed by atoms with van der Waals surface area (Å²) in [6, 6.07) is 2.07. The summed E-state index contributed by atoms with van der Waals surface area (Å²) in [6.07, 6.45) is 3.52. The minimum Gasteiger partial charge on any atom is -0.272 e. The zero-order valence-electron chi connectivity index (χ0n) is 10.1. The van der Waals surface area contributed by atoms with Gasteiger partial charge < -0.3 is 0 Å². The van der Waals surface area contributed by atoms with Gasteiger partial charge in [0.2, 0.25) is 0 Å². The lowest BCUT2D eigenvalue weighted by Crippen LogP contribution is -2.74. The lowest BCUT2D eigenvalue weighted by molar-refractivity contribution is -0.136. The SMILES string of the molecule is CC1(C)C(=O)N(C2(C#N)CCCCC2)S1(=O)=O. The van der Waals surface area contributed by atoms with E-state index >= 15 is 0 Å². The Hall–Kier alpha value is -1.09. The average Bonchev–Trinajstić information content (AvgIpc) is 2.30. The van der Waals surface area contributed by atoms with Gasteiger partial charge in [-0.15, -0.1) is 0 Å². The molecule has 0 aromatic rings. The zero-order chi connectivity index (χ0) is 12.9. The summed E-state index contributed by atoms with van der Waals surface area (Å²) in [5.74, 6) is -0.444. The highest BCUT2D eigenvalue weighted by Gasteiger charge is 2.66. The van der Waals surface area contributed by atoms with Crippen molar-refractivity contribution in [1.82, 2.24) is 4.31 Å². The van der Waals surface area contributed by atoms with Crippen LogP contribution in [-0.2, 0) is 14.8 Å². The summed E-state index contributed by atoms with van der Waals surface area (Å²) in [4.78, 5) is 12.0. The summed E-state index contributed by atoms with van der Waals surface area (Å²) in [5, 5.41) is 9.29. The fourth-order valence-corrected chi connectivity index (χ4v) is 4.34. The predicted octanol–water partition coefficient (Wildman–Crippen LogP) is 1.16. The van der Waals surface area contributed by atoms with Crippen LogP contribution in [0.2, 0.25) is 0 Å². The number of amides is 1. The van der Waals surface area contributed by atoms with Crippen LogP contribution in [0.25, 0.3) is 0 Å². The fourth-order valence-electron chi connectivity index (χ4n) is 2.57. The van der Waals surface area contributed by atoms with Crippen molar-refractivity contribution in [2.75, 3.05) is 0 Å². The number of carbonyl (C=O) groups is 1. The monoisotopic (exact) mass is 256 g/mol. The quantitative estimate of drug-likeness (QED) is 0.705. The van der Waals surface area contributed by atoms with Gasteiger partial charge in [0.15, 0.2) is 4.75 Å². The van der Waals surface area contributed by atoms with Crippen molar-refractivity contribution < 1.29 is 13.2 Å². The van der Waals surface area contributed by atoms with E-state index in [1.807, 2.05) is 0 Å². The molecular formula is C11H16N2O3S. The maximum atomic E-state index is 12.1. The van der Waals surface area contributed by atoms with E-state index in [9.17, 15) is 18.5 Å². The fraction of sp³-hybridized carbons (Fsp3) is 0.818. The van der Waals surface area contributed by atoms with Crippen LogP contribution in [0.1, 0.15) is 46.0 Å². The molecule has 0 aromatic carbocycles. The van der Waals surface area contributed by atoms with E-state index in [1.54, 1.807) is 0 Å². The van der Waals surface area contributed by atoms with E-state index in [2.05, 4.69) is 6.07 Å². The number of sulfonamides is 1. The third-order valence-corrected chi connectivity index (χ3v) is 6.32. The van der Waals surface area contributed by atoms with Gasteiger partial charge in [-0.05, 0) is 39.5 Å². The Bertz CT molecular complexity index is 495. The van der Waals surface area contributed by atoms with E-state index in [1.165, 1.54) is 13.8 Å². The number of hydrogen-bond acceptors (Lipinski definition) is 4. The Labute approximate surface area is 101 Å². The molecule has 0 unspecified atom stereocenters. The van der Waals surface area contributed by atoms with Gasteiger partial charge in [0.1, 0.15) is 5.54 Å². The predicted molar refractivity (Wildman–Crippen MR) is 61.3 cm³/mol. The summed E-state index contributed by atoms with van der Waals surface area (Å²) in [5.41, 5.74) is -1.12.